The van der Waals surface area contributed by atoms with Gasteiger partial charge in [-0.05, 0) is 74.9 Å². The molecule has 1 aliphatic carbocycles. The number of nitrogens with one attached hydrogen (secondary N) is 3. The minimum absolute atomic E-state index is 0.195. The molecule has 0 radical (unpaired) electrons. The molecular formula is C43H55F2N9O5. The third kappa shape index (κ3) is 12.5. The number of aromatic nitrogens is 2. The topological polar surface area (TPSA) is 186 Å². The van der Waals surface area contributed by atoms with Gasteiger partial charge in [0.15, 0.2) is 5.82 Å². The van der Waals surface area contributed by atoms with Crippen molar-refractivity contribution >= 4 is 47.0 Å². The summed E-state index contributed by atoms with van der Waals surface area (Å²) < 4.78 is 29.3. The van der Waals surface area contributed by atoms with Crippen molar-refractivity contribution in [3.63, 3.8) is 0 Å². The maximum Gasteiger partial charge on any atom is 0.254 e. The number of aliphatic hydroxyl groups is 1. The summed E-state index contributed by atoms with van der Waals surface area (Å²) in [6.45, 7) is 10.3. The van der Waals surface area contributed by atoms with Gasteiger partial charge in [0.25, 0.3) is 5.91 Å². The lowest BCUT2D eigenvalue weighted by Crippen LogP contribution is -2.47. The summed E-state index contributed by atoms with van der Waals surface area (Å²) in [6, 6.07) is 11.8. The molecule has 2 aromatic carbocycles. The highest BCUT2D eigenvalue weighted by Crippen LogP contribution is 2.30. The molecule has 3 amide bonds. The van der Waals surface area contributed by atoms with E-state index in [0.717, 1.165) is 25.7 Å². The number of benzene rings is 2. The zero-order chi connectivity index (χ0) is 42.3. The van der Waals surface area contributed by atoms with Crippen LogP contribution >= 0.6 is 0 Å². The van der Waals surface area contributed by atoms with Crippen LogP contribution in [0.5, 0.6) is 0 Å². The van der Waals surface area contributed by atoms with E-state index in [1.807, 2.05) is 4.90 Å². The summed E-state index contributed by atoms with van der Waals surface area (Å²) in [5, 5.41) is 18.1. The predicted octanol–water partition coefficient (Wildman–Crippen LogP) is 4.91. The molecule has 1 saturated carbocycles. The molecule has 3 aliphatic rings. The predicted molar refractivity (Wildman–Crippen MR) is 225 cm³/mol. The fourth-order valence-electron chi connectivity index (χ4n) is 7.66. The number of imide groups is 1. The van der Waals surface area contributed by atoms with E-state index in [2.05, 4.69) is 44.0 Å². The van der Waals surface area contributed by atoms with Crippen LogP contribution in [0.25, 0.3) is 11.3 Å². The molecular weight excluding hydrogens is 761 g/mol. The van der Waals surface area contributed by atoms with Crippen LogP contribution < -0.4 is 31.5 Å². The third-order valence-electron chi connectivity index (χ3n) is 10.8. The van der Waals surface area contributed by atoms with Crippen LogP contribution in [0.15, 0.2) is 74.1 Å². The largest absolute Gasteiger partial charge is 0.386 e. The molecule has 2 atom stereocenters. The number of hydrogen-bond acceptors (Lipinski definition) is 12. The van der Waals surface area contributed by atoms with Crippen LogP contribution in [0.4, 0.5) is 31.8 Å². The summed E-state index contributed by atoms with van der Waals surface area (Å²) in [7, 11) is 0. The Labute approximate surface area is 343 Å². The Kier molecular flexibility index (Phi) is 16.6. The number of halogens is 2. The van der Waals surface area contributed by atoms with E-state index in [1.165, 1.54) is 48.7 Å². The molecule has 16 heteroatoms. The molecule has 0 bridgehead atoms. The van der Waals surface area contributed by atoms with Gasteiger partial charge in [0.2, 0.25) is 17.8 Å². The SMILES string of the molecule is C=CC(=O)N(C=C)c1cccc(-c2nc(NC3CCCCC3)ncc2F)c1.NCCN(CCC(O)C=O)C1CCN(c2ccc(NC3CCC(=O)NC3=O)cc2F)CC1. The van der Waals surface area contributed by atoms with Crippen LogP contribution in [0, 0.1) is 11.6 Å². The molecule has 1 aromatic heterocycles. The number of piperidine rings is 2. The summed E-state index contributed by atoms with van der Waals surface area (Å²) in [6.07, 6.45) is 11.8. The number of aliphatic hydroxyl groups excluding tert-OH is 1. The fourth-order valence-corrected chi connectivity index (χ4v) is 7.66. The van der Waals surface area contributed by atoms with Gasteiger partial charge in [-0.3, -0.25) is 29.5 Å². The van der Waals surface area contributed by atoms with Crippen molar-refractivity contribution in [2.45, 2.75) is 88.4 Å². The molecule has 2 unspecified atom stereocenters. The second-order valence-corrected chi connectivity index (χ2v) is 14.9. The van der Waals surface area contributed by atoms with Crippen molar-refractivity contribution in [1.82, 2.24) is 20.2 Å². The minimum atomic E-state index is -0.961. The van der Waals surface area contributed by atoms with Crippen molar-refractivity contribution in [2.24, 2.45) is 5.73 Å². The Balaban J connectivity index is 0.000000227. The fraction of sp³-hybridized carbons (Fsp3) is 0.442. The maximum absolute atomic E-state index is 14.8. The molecule has 14 nitrogen and oxygen atoms in total. The second-order valence-electron chi connectivity index (χ2n) is 14.9. The lowest BCUT2D eigenvalue weighted by Gasteiger charge is -2.39. The summed E-state index contributed by atoms with van der Waals surface area (Å²) in [4.78, 5) is 59.8. The van der Waals surface area contributed by atoms with Crippen molar-refractivity contribution in [3.05, 3.63) is 85.7 Å². The van der Waals surface area contributed by atoms with Crippen molar-refractivity contribution in [2.75, 3.05) is 53.2 Å². The highest BCUT2D eigenvalue weighted by molar-refractivity contribution is 6.03. The quantitative estimate of drug-likeness (QED) is 0.0749. The summed E-state index contributed by atoms with van der Waals surface area (Å²) >= 11 is 0. The third-order valence-corrected chi connectivity index (χ3v) is 10.8. The summed E-state index contributed by atoms with van der Waals surface area (Å²) in [5.74, 6) is -1.45. The number of carbonyl (C=O) groups is 4. The molecule has 316 valence electrons. The average Bonchev–Trinajstić information content (AvgIpc) is 3.25. The van der Waals surface area contributed by atoms with E-state index in [-0.39, 0.29) is 35.8 Å². The van der Waals surface area contributed by atoms with Crippen LogP contribution in [0.2, 0.25) is 0 Å². The Morgan fingerprint density at radius 3 is 2.44 bits per heavy atom. The molecule has 2 saturated heterocycles. The molecule has 3 aromatic rings. The van der Waals surface area contributed by atoms with Gasteiger partial charge in [-0.15, -0.1) is 0 Å². The van der Waals surface area contributed by atoms with Crippen molar-refractivity contribution in [3.8, 4) is 11.3 Å². The number of aldehydes is 1. The van der Waals surface area contributed by atoms with Gasteiger partial charge in [0.1, 0.15) is 29.9 Å². The van der Waals surface area contributed by atoms with Gasteiger partial charge in [-0.25, -0.2) is 18.7 Å². The van der Waals surface area contributed by atoms with Gasteiger partial charge in [-0.2, -0.15) is 0 Å². The second kappa shape index (κ2) is 22.0. The van der Waals surface area contributed by atoms with E-state index < -0.39 is 23.9 Å². The first-order valence-corrected chi connectivity index (χ1v) is 20.2. The molecule has 0 spiro atoms. The zero-order valence-electron chi connectivity index (χ0n) is 33.3. The zero-order valence-corrected chi connectivity index (χ0v) is 33.3. The normalized spacial score (nSPS) is 17.9. The van der Waals surface area contributed by atoms with Crippen LogP contribution in [0.1, 0.15) is 64.2 Å². The highest BCUT2D eigenvalue weighted by atomic mass is 19.1. The van der Waals surface area contributed by atoms with E-state index in [4.69, 9.17) is 5.73 Å². The Morgan fingerprint density at radius 1 is 1.02 bits per heavy atom. The monoisotopic (exact) mass is 815 g/mol. The Morgan fingerprint density at radius 2 is 1.78 bits per heavy atom. The number of hydrogen-bond donors (Lipinski definition) is 5. The smallest absolute Gasteiger partial charge is 0.254 e. The van der Waals surface area contributed by atoms with E-state index in [0.29, 0.717) is 86.5 Å². The van der Waals surface area contributed by atoms with Gasteiger partial charge in [0.05, 0.1) is 11.9 Å². The lowest BCUT2D eigenvalue weighted by molar-refractivity contribution is -0.133. The maximum atomic E-state index is 14.8. The van der Waals surface area contributed by atoms with Gasteiger partial charge < -0.3 is 31.2 Å². The van der Waals surface area contributed by atoms with E-state index in [1.54, 1.807) is 36.4 Å². The van der Waals surface area contributed by atoms with Gasteiger partial charge in [0, 0.05) is 74.4 Å². The Hall–Kier alpha value is -5.58. The van der Waals surface area contributed by atoms with Crippen LogP contribution in [-0.4, -0.2) is 101 Å². The van der Waals surface area contributed by atoms with Gasteiger partial charge in [-0.1, -0.05) is 44.6 Å². The van der Waals surface area contributed by atoms with E-state index in [9.17, 15) is 33.1 Å². The number of amides is 3. The molecule has 3 heterocycles. The number of rotatable bonds is 16. The number of nitrogens with zero attached hydrogens (tertiary/aromatic N) is 5. The van der Waals surface area contributed by atoms with Crippen LogP contribution in [-0.2, 0) is 19.2 Å². The molecule has 3 fully saturated rings. The number of carbonyl (C=O) groups excluding carboxylic acids is 4. The highest BCUT2D eigenvalue weighted by Gasteiger charge is 2.28. The lowest BCUT2D eigenvalue weighted by atomic mass is 9.96. The average molecular weight is 816 g/mol. The summed E-state index contributed by atoms with van der Waals surface area (Å²) in [5.41, 5.74) is 8.06. The molecule has 2 aliphatic heterocycles. The minimum Gasteiger partial charge on any atom is -0.386 e. The number of anilines is 4. The first-order valence-electron chi connectivity index (χ1n) is 20.2. The van der Waals surface area contributed by atoms with Gasteiger partial charge >= 0.3 is 0 Å². The first kappa shape index (κ1) is 44.5. The Bertz CT molecular complexity index is 1940. The molecule has 6 rings (SSSR count). The van der Waals surface area contributed by atoms with E-state index >= 15 is 0 Å². The number of nitrogens with two attached hydrogens (primary N) is 1. The first-order chi connectivity index (χ1) is 28.5. The van der Waals surface area contributed by atoms with Crippen molar-refractivity contribution < 1.29 is 33.1 Å². The standard InChI is InChI=1S/C22H32FN5O4.C21H23FN4O/c23-18-13-15(25-19-2-4-21(31)26-22(19)32)1-3-20(18)28-9-5-16(6-10-28)27(12-8-24)11-7-17(30)14-29;1-3-19(27)26(4-2)17-12-8-9-15(13-17)20-18(22)14-23-21(25-20)24-16-10-6-5-7-11-16/h1,3,13-14,16-17,19,25,30H,2,4-12,24H2,(H,26,31,32);3-4,8-9,12-14,16H,1-2,5-7,10-11H2,(H,23,24,25). The van der Waals surface area contributed by atoms with Crippen molar-refractivity contribution in [1.29, 1.82) is 0 Å². The van der Waals surface area contributed by atoms with Crippen LogP contribution in [0.3, 0.4) is 0 Å². The molecule has 59 heavy (non-hydrogen) atoms. The molecule has 6 N–H and O–H groups in total.